The fourth-order valence-corrected chi connectivity index (χ4v) is 3.09. The van der Waals surface area contributed by atoms with E-state index in [1.54, 1.807) is 11.3 Å². The summed E-state index contributed by atoms with van der Waals surface area (Å²) in [7, 11) is 0. The van der Waals surface area contributed by atoms with Gasteiger partial charge in [-0.25, -0.2) is 0 Å². The Kier molecular flexibility index (Phi) is 2.83. The highest BCUT2D eigenvalue weighted by Gasteiger charge is 2.31. The number of benzene rings is 1. The molecule has 18 heavy (non-hydrogen) atoms. The quantitative estimate of drug-likeness (QED) is 0.732. The second kappa shape index (κ2) is 4.36. The predicted molar refractivity (Wildman–Crippen MR) is 76.3 cm³/mol. The molecular formula is C16H16OS. The molecule has 1 aliphatic rings. The van der Waals surface area contributed by atoms with E-state index < -0.39 is 0 Å². The van der Waals surface area contributed by atoms with Crippen molar-refractivity contribution in [1.29, 1.82) is 0 Å². The average molecular weight is 256 g/mol. The molecule has 0 spiro atoms. The van der Waals surface area contributed by atoms with E-state index in [0.29, 0.717) is 11.7 Å². The number of ketones is 1. The second-order valence-corrected chi connectivity index (χ2v) is 6.19. The lowest BCUT2D eigenvalue weighted by Gasteiger charge is -2.02. The maximum Gasteiger partial charge on any atom is 0.175 e. The van der Waals surface area contributed by atoms with Crippen LogP contribution in [0.5, 0.6) is 0 Å². The first-order valence-corrected chi connectivity index (χ1v) is 7.18. The minimum absolute atomic E-state index is 0.316. The van der Waals surface area contributed by atoms with Gasteiger partial charge in [-0.05, 0) is 55.5 Å². The molecule has 0 aliphatic heterocycles. The van der Waals surface area contributed by atoms with Gasteiger partial charge in [-0.2, -0.15) is 0 Å². The summed E-state index contributed by atoms with van der Waals surface area (Å²) in [5.74, 6) is 0.659. The molecule has 0 unspecified atom stereocenters. The lowest BCUT2D eigenvalue weighted by atomic mass is 10.1. The fraction of sp³-hybridized carbons (Fsp3) is 0.312. The van der Waals surface area contributed by atoms with Crippen LogP contribution in [-0.4, -0.2) is 5.78 Å². The van der Waals surface area contributed by atoms with Gasteiger partial charge >= 0.3 is 0 Å². The molecule has 0 radical (unpaired) electrons. The van der Waals surface area contributed by atoms with Gasteiger partial charge in [0, 0.05) is 10.8 Å². The van der Waals surface area contributed by atoms with Gasteiger partial charge < -0.3 is 0 Å². The summed E-state index contributed by atoms with van der Waals surface area (Å²) < 4.78 is 0. The van der Waals surface area contributed by atoms with Crippen LogP contribution < -0.4 is 0 Å². The minimum Gasteiger partial charge on any atom is -0.293 e. The van der Waals surface area contributed by atoms with Gasteiger partial charge in [0.2, 0.25) is 0 Å². The van der Waals surface area contributed by atoms with Gasteiger partial charge in [-0.3, -0.25) is 4.79 Å². The number of rotatable bonds is 3. The van der Waals surface area contributed by atoms with Crippen LogP contribution in [0.15, 0.2) is 30.3 Å². The van der Waals surface area contributed by atoms with E-state index in [1.165, 1.54) is 21.6 Å². The van der Waals surface area contributed by atoms with Gasteiger partial charge in [0.25, 0.3) is 0 Å². The fourth-order valence-electron chi connectivity index (χ4n) is 2.07. The van der Waals surface area contributed by atoms with Crippen LogP contribution in [-0.2, 0) is 0 Å². The summed E-state index contributed by atoms with van der Waals surface area (Å²) in [4.78, 5) is 14.1. The summed E-state index contributed by atoms with van der Waals surface area (Å²) in [5.41, 5.74) is 3.83. The lowest BCUT2D eigenvalue weighted by Crippen LogP contribution is -1.96. The third kappa shape index (κ3) is 2.13. The average Bonchev–Trinajstić information content (AvgIpc) is 3.09. The number of hydrogen-bond donors (Lipinski definition) is 0. The maximum absolute atomic E-state index is 12.0. The summed E-state index contributed by atoms with van der Waals surface area (Å²) in [6, 6.07) is 10.5. The Balaban J connectivity index is 1.92. The van der Waals surface area contributed by atoms with E-state index in [4.69, 9.17) is 0 Å². The molecule has 0 atom stereocenters. The van der Waals surface area contributed by atoms with Gasteiger partial charge in [0.1, 0.15) is 0 Å². The summed E-state index contributed by atoms with van der Waals surface area (Å²) in [6.45, 7) is 4.25. The van der Waals surface area contributed by atoms with E-state index in [-0.39, 0.29) is 0 Å². The number of Topliss-reactive ketones (excluding diaryl/α,β-unsaturated/α-hetero) is 1. The Hall–Kier alpha value is -1.41. The number of carbonyl (C=O) groups is 1. The van der Waals surface area contributed by atoms with E-state index in [1.807, 2.05) is 6.07 Å². The van der Waals surface area contributed by atoms with Crippen LogP contribution in [0, 0.1) is 19.8 Å². The molecule has 1 nitrogen and oxygen atoms in total. The van der Waals surface area contributed by atoms with Crippen molar-refractivity contribution < 1.29 is 4.79 Å². The number of aryl methyl sites for hydroxylation is 2. The minimum atomic E-state index is 0.316. The highest BCUT2D eigenvalue weighted by molar-refractivity contribution is 7.17. The Bertz CT molecular complexity index is 605. The van der Waals surface area contributed by atoms with Crippen LogP contribution in [0.25, 0.3) is 10.4 Å². The molecule has 1 saturated carbocycles. The molecule has 1 aromatic heterocycles. The monoisotopic (exact) mass is 256 g/mol. The molecule has 2 aromatic rings. The van der Waals surface area contributed by atoms with Gasteiger partial charge in [0.05, 0.1) is 4.88 Å². The Morgan fingerprint density at radius 3 is 2.56 bits per heavy atom. The molecule has 1 aliphatic carbocycles. The first-order chi connectivity index (χ1) is 8.65. The van der Waals surface area contributed by atoms with E-state index in [0.717, 1.165) is 17.7 Å². The molecule has 0 saturated heterocycles. The zero-order valence-corrected chi connectivity index (χ0v) is 11.5. The molecular weight excluding hydrogens is 240 g/mol. The largest absolute Gasteiger partial charge is 0.293 e. The summed E-state index contributed by atoms with van der Waals surface area (Å²) in [5, 5.41) is 0. The molecule has 0 bridgehead atoms. The topological polar surface area (TPSA) is 17.1 Å². The van der Waals surface area contributed by atoms with Crippen LogP contribution in [0.3, 0.4) is 0 Å². The van der Waals surface area contributed by atoms with Crippen LogP contribution in [0.4, 0.5) is 0 Å². The van der Waals surface area contributed by atoms with Crippen molar-refractivity contribution >= 4 is 17.1 Å². The predicted octanol–water partition coefficient (Wildman–Crippen LogP) is 4.62. The first-order valence-electron chi connectivity index (χ1n) is 6.37. The number of carbonyl (C=O) groups excluding carboxylic acids is 1. The van der Waals surface area contributed by atoms with Crippen molar-refractivity contribution in [3.05, 3.63) is 46.3 Å². The second-order valence-electron chi connectivity index (χ2n) is 5.10. The normalized spacial score (nSPS) is 14.8. The van der Waals surface area contributed by atoms with Crippen LogP contribution in [0.1, 0.15) is 33.6 Å². The van der Waals surface area contributed by atoms with Gasteiger partial charge in [0.15, 0.2) is 5.78 Å². The third-order valence-electron chi connectivity index (χ3n) is 3.59. The third-order valence-corrected chi connectivity index (χ3v) is 4.74. The summed E-state index contributed by atoms with van der Waals surface area (Å²) in [6.07, 6.45) is 2.16. The van der Waals surface area contributed by atoms with Gasteiger partial charge in [-0.1, -0.05) is 18.2 Å². The van der Waals surface area contributed by atoms with Crippen molar-refractivity contribution in [2.24, 2.45) is 5.92 Å². The van der Waals surface area contributed by atoms with Crippen molar-refractivity contribution in [2.75, 3.05) is 0 Å². The van der Waals surface area contributed by atoms with E-state index in [9.17, 15) is 4.79 Å². The highest BCUT2D eigenvalue weighted by atomic mass is 32.1. The van der Waals surface area contributed by atoms with Crippen LogP contribution >= 0.6 is 11.3 Å². The van der Waals surface area contributed by atoms with Gasteiger partial charge in [-0.15, -0.1) is 11.3 Å². The molecule has 3 rings (SSSR count). The zero-order valence-electron chi connectivity index (χ0n) is 10.7. The maximum atomic E-state index is 12.0. The van der Waals surface area contributed by atoms with Crippen LogP contribution in [0.2, 0.25) is 0 Å². The Morgan fingerprint density at radius 2 is 1.89 bits per heavy atom. The molecule has 0 amide bonds. The first kappa shape index (κ1) is 11.7. The number of thiophene rings is 1. The highest BCUT2D eigenvalue weighted by Crippen LogP contribution is 2.36. The Labute approximate surface area is 111 Å². The Morgan fingerprint density at radius 1 is 1.11 bits per heavy atom. The molecule has 1 heterocycles. The molecule has 2 heteroatoms. The zero-order chi connectivity index (χ0) is 12.7. The molecule has 0 N–H and O–H groups in total. The molecule has 92 valence electrons. The number of hydrogen-bond acceptors (Lipinski definition) is 2. The molecule has 1 aromatic carbocycles. The van der Waals surface area contributed by atoms with Crippen molar-refractivity contribution in [3.63, 3.8) is 0 Å². The van der Waals surface area contributed by atoms with E-state index in [2.05, 4.69) is 38.1 Å². The molecule has 1 fully saturated rings. The van der Waals surface area contributed by atoms with Crippen molar-refractivity contribution in [2.45, 2.75) is 26.7 Å². The van der Waals surface area contributed by atoms with E-state index >= 15 is 0 Å². The summed E-state index contributed by atoms with van der Waals surface area (Å²) >= 11 is 1.63. The van der Waals surface area contributed by atoms with Crippen molar-refractivity contribution in [3.8, 4) is 10.4 Å². The smallest absolute Gasteiger partial charge is 0.175 e. The van der Waals surface area contributed by atoms with Crippen molar-refractivity contribution in [1.82, 2.24) is 0 Å². The lowest BCUT2D eigenvalue weighted by molar-refractivity contribution is 0.0971. The standard InChI is InChI=1S/C16H16OS/c1-10-3-4-13(9-11(10)2)14-7-8-15(18-14)16(17)12-5-6-12/h3-4,7-9,12H,5-6H2,1-2H3. The SMILES string of the molecule is Cc1ccc(-c2ccc(C(=O)C3CC3)s2)cc1C.